The fourth-order valence-electron chi connectivity index (χ4n) is 0.977. The van der Waals surface area contributed by atoms with Gasteiger partial charge in [0.2, 0.25) is 0 Å². The molecular weight excluding hydrogens is 189 g/mol. The van der Waals surface area contributed by atoms with Crippen molar-refractivity contribution >= 4 is 12.4 Å². The highest BCUT2D eigenvalue weighted by Gasteiger charge is 2.00. The predicted molar refractivity (Wildman–Crippen MR) is 54.2 cm³/mol. The van der Waals surface area contributed by atoms with Crippen LogP contribution >= 0.6 is 12.4 Å². The zero-order valence-corrected chi connectivity index (χ0v) is 7.85. The third-order valence-corrected chi connectivity index (χ3v) is 1.56. The molecule has 0 radical (unpaired) electrons. The van der Waals surface area contributed by atoms with Crippen molar-refractivity contribution in [3.8, 4) is 12.3 Å². The summed E-state index contributed by atoms with van der Waals surface area (Å²) in [4.78, 5) is 0. The van der Waals surface area contributed by atoms with Crippen LogP contribution in [0.1, 0.15) is 5.56 Å². The van der Waals surface area contributed by atoms with Crippen LogP contribution in [0.25, 0.3) is 0 Å². The van der Waals surface area contributed by atoms with Gasteiger partial charge in [0.15, 0.2) is 0 Å². The second kappa shape index (κ2) is 5.58. The molecule has 1 aromatic rings. The van der Waals surface area contributed by atoms with E-state index in [-0.39, 0.29) is 24.3 Å². The van der Waals surface area contributed by atoms with Crippen molar-refractivity contribution < 1.29 is 4.39 Å². The molecule has 70 valence electrons. The Hall–Kier alpha value is -1.04. The van der Waals surface area contributed by atoms with E-state index in [1.165, 1.54) is 12.1 Å². The molecule has 1 unspecified atom stereocenters. The molecule has 0 saturated heterocycles. The Morgan fingerprint density at radius 1 is 1.54 bits per heavy atom. The molecule has 1 rings (SSSR count). The molecule has 0 bridgehead atoms. The topological polar surface area (TPSA) is 26.0 Å². The van der Waals surface area contributed by atoms with Gasteiger partial charge in [-0.05, 0) is 24.1 Å². The molecule has 3 heteroatoms. The number of benzene rings is 1. The van der Waals surface area contributed by atoms with Crippen molar-refractivity contribution in [2.45, 2.75) is 12.5 Å². The summed E-state index contributed by atoms with van der Waals surface area (Å²) < 4.78 is 12.6. The SMILES string of the molecule is C#CC(N)Cc1cccc(F)c1.Cl. The molecule has 0 fully saturated rings. The minimum atomic E-state index is -0.327. The van der Waals surface area contributed by atoms with Crippen LogP contribution in [-0.4, -0.2) is 6.04 Å². The van der Waals surface area contributed by atoms with Crippen LogP contribution in [-0.2, 0) is 6.42 Å². The first-order valence-electron chi connectivity index (χ1n) is 3.68. The van der Waals surface area contributed by atoms with E-state index in [4.69, 9.17) is 12.2 Å². The molecule has 1 atom stereocenters. The summed E-state index contributed by atoms with van der Waals surface area (Å²) in [6.07, 6.45) is 5.61. The van der Waals surface area contributed by atoms with Gasteiger partial charge in [-0.15, -0.1) is 18.8 Å². The lowest BCUT2D eigenvalue weighted by atomic mass is 10.1. The molecule has 0 heterocycles. The van der Waals surface area contributed by atoms with Crippen LogP contribution in [0, 0.1) is 18.2 Å². The van der Waals surface area contributed by atoms with Crippen LogP contribution in [0.2, 0.25) is 0 Å². The van der Waals surface area contributed by atoms with Crippen LogP contribution in [0.4, 0.5) is 4.39 Å². The lowest BCUT2D eigenvalue weighted by Crippen LogP contribution is -2.20. The normalized spacial score (nSPS) is 11.2. The molecule has 0 amide bonds. The Morgan fingerprint density at radius 3 is 2.77 bits per heavy atom. The van der Waals surface area contributed by atoms with E-state index in [1.54, 1.807) is 12.1 Å². The summed E-state index contributed by atoms with van der Waals surface area (Å²) in [5, 5.41) is 0. The first kappa shape index (κ1) is 12.0. The van der Waals surface area contributed by atoms with E-state index in [9.17, 15) is 4.39 Å². The van der Waals surface area contributed by atoms with E-state index in [1.807, 2.05) is 0 Å². The van der Waals surface area contributed by atoms with E-state index < -0.39 is 0 Å². The minimum absolute atomic E-state index is 0. The quantitative estimate of drug-likeness (QED) is 0.722. The Morgan fingerprint density at radius 2 is 2.23 bits per heavy atom. The summed E-state index contributed by atoms with van der Waals surface area (Å²) in [5.41, 5.74) is 6.33. The van der Waals surface area contributed by atoms with E-state index in [0.717, 1.165) is 5.56 Å². The molecule has 0 aliphatic heterocycles. The van der Waals surface area contributed by atoms with Gasteiger partial charge >= 0.3 is 0 Å². The number of halogens is 2. The second-order valence-electron chi connectivity index (χ2n) is 2.61. The zero-order chi connectivity index (χ0) is 8.97. The molecule has 1 nitrogen and oxygen atoms in total. The highest BCUT2D eigenvalue weighted by molar-refractivity contribution is 5.85. The number of nitrogens with two attached hydrogens (primary N) is 1. The Labute approximate surface area is 83.5 Å². The maximum absolute atomic E-state index is 12.6. The highest BCUT2D eigenvalue weighted by Crippen LogP contribution is 2.04. The fourth-order valence-corrected chi connectivity index (χ4v) is 0.977. The van der Waals surface area contributed by atoms with Gasteiger partial charge in [0, 0.05) is 0 Å². The average molecular weight is 200 g/mol. The monoisotopic (exact) mass is 199 g/mol. The average Bonchev–Trinajstić information content (AvgIpc) is 2.04. The third-order valence-electron chi connectivity index (χ3n) is 1.56. The lowest BCUT2D eigenvalue weighted by Gasteiger charge is -2.03. The minimum Gasteiger partial charge on any atom is -0.317 e. The van der Waals surface area contributed by atoms with Gasteiger partial charge in [-0.25, -0.2) is 4.39 Å². The van der Waals surface area contributed by atoms with Gasteiger partial charge < -0.3 is 5.73 Å². The van der Waals surface area contributed by atoms with Gasteiger partial charge in [0.05, 0.1) is 6.04 Å². The van der Waals surface area contributed by atoms with Crippen molar-refractivity contribution in [2.75, 3.05) is 0 Å². The van der Waals surface area contributed by atoms with E-state index in [2.05, 4.69) is 5.92 Å². The molecule has 0 spiro atoms. The van der Waals surface area contributed by atoms with Crippen molar-refractivity contribution in [2.24, 2.45) is 5.73 Å². The molecule has 1 aromatic carbocycles. The van der Waals surface area contributed by atoms with E-state index in [0.29, 0.717) is 6.42 Å². The van der Waals surface area contributed by atoms with Gasteiger partial charge in [0.25, 0.3) is 0 Å². The summed E-state index contributed by atoms with van der Waals surface area (Å²) in [5.74, 6) is 2.14. The van der Waals surface area contributed by atoms with Gasteiger partial charge in [-0.2, -0.15) is 0 Å². The van der Waals surface area contributed by atoms with Crippen LogP contribution in [0.3, 0.4) is 0 Å². The second-order valence-corrected chi connectivity index (χ2v) is 2.61. The standard InChI is InChI=1S/C10H10FN.ClH/c1-2-10(12)7-8-4-3-5-9(11)6-8;/h1,3-6,10H,7,12H2;1H. The highest BCUT2D eigenvalue weighted by atomic mass is 35.5. The molecule has 0 aliphatic carbocycles. The first-order valence-corrected chi connectivity index (χ1v) is 3.68. The van der Waals surface area contributed by atoms with Crippen molar-refractivity contribution in [1.82, 2.24) is 0 Å². The van der Waals surface area contributed by atoms with Crippen LogP contribution in [0.5, 0.6) is 0 Å². The van der Waals surface area contributed by atoms with Gasteiger partial charge in [0.1, 0.15) is 5.82 Å². The predicted octanol–water partition coefficient (Wildman–Crippen LogP) is 1.75. The van der Waals surface area contributed by atoms with Crippen molar-refractivity contribution in [3.05, 3.63) is 35.6 Å². The van der Waals surface area contributed by atoms with E-state index >= 15 is 0 Å². The zero-order valence-electron chi connectivity index (χ0n) is 7.03. The molecule has 0 aliphatic rings. The maximum Gasteiger partial charge on any atom is 0.123 e. The lowest BCUT2D eigenvalue weighted by molar-refractivity contribution is 0.624. The Balaban J connectivity index is 0.00000144. The summed E-state index contributed by atoms with van der Waals surface area (Å²) in [6, 6.07) is 5.96. The number of hydrogen-bond donors (Lipinski definition) is 1. The molecule has 0 saturated carbocycles. The number of hydrogen-bond acceptors (Lipinski definition) is 1. The largest absolute Gasteiger partial charge is 0.317 e. The Kier molecular flexibility index (Phi) is 5.13. The number of rotatable bonds is 2. The van der Waals surface area contributed by atoms with Crippen LogP contribution < -0.4 is 5.73 Å². The molecule has 13 heavy (non-hydrogen) atoms. The molecule has 2 N–H and O–H groups in total. The Bertz CT molecular complexity index is 306. The van der Waals surface area contributed by atoms with Crippen molar-refractivity contribution in [3.63, 3.8) is 0 Å². The third kappa shape index (κ3) is 3.93. The maximum atomic E-state index is 12.6. The summed E-state index contributed by atoms with van der Waals surface area (Å²) in [7, 11) is 0. The summed E-state index contributed by atoms with van der Waals surface area (Å²) in [6.45, 7) is 0. The van der Waals surface area contributed by atoms with Crippen molar-refractivity contribution in [1.29, 1.82) is 0 Å². The molecular formula is C10H11ClFN. The van der Waals surface area contributed by atoms with Gasteiger partial charge in [-0.3, -0.25) is 0 Å². The van der Waals surface area contributed by atoms with Gasteiger partial charge in [-0.1, -0.05) is 18.1 Å². The number of terminal acetylenes is 1. The van der Waals surface area contributed by atoms with Crippen LogP contribution in [0.15, 0.2) is 24.3 Å². The smallest absolute Gasteiger partial charge is 0.123 e. The molecule has 0 aromatic heterocycles. The summed E-state index contributed by atoms with van der Waals surface area (Å²) >= 11 is 0. The first-order chi connectivity index (χ1) is 5.72. The fraction of sp³-hybridized carbons (Fsp3) is 0.200.